The molecule has 2 aromatic rings. The molecular weight excluding hydrogens is 317 g/mol. The number of nitrogens with one attached hydrogen (secondary N) is 1. The van der Waals surface area contributed by atoms with Crippen molar-refractivity contribution >= 4 is 17.7 Å². The van der Waals surface area contributed by atoms with Crippen molar-refractivity contribution < 1.29 is 13.9 Å². The highest BCUT2D eigenvalue weighted by Gasteiger charge is 2.27. The van der Waals surface area contributed by atoms with E-state index in [1.165, 1.54) is 24.3 Å². The molecule has 1 atom stereocenters. The van der Waals surface area contributed by atoms with Gasteiger partial charge < -0.3 is 10.1 Å². The zero-order chi connectivity index (χ0) is 18.0. The number of ether oxygens (including phenoxy) is 1. The second-order valence-corrected chi connectivity index (χ2v) is 6.66. The molecule has 3 nitrogen and oxygen atoms in total. The largest absolute Gasteiger partial charge is 0.483 e. The monoisotopic (exact) mass is 339 g/mol. The molecule has 0 fully saturated rings. The summed E-state index contributed by atoms with van der Waals surface area (Å²) in [5, 5.41) is 2.89. The van der Waals surface area contributed by atoms with Crippen LogP contribution < -0.4 is 10.1 Å². The third kappa shape index (κ3) is 3.73. The maximum atomic E-state index is 13.0. The van der Waals surface area contributed by atoms with Crippen molar-refractivity contribution in [2.45, 2.75) is 39.2 Å². The van der Waals surface area contributed by atoms with Crippen LogP contribution in [0.3, 0.4) is 0 Å². The topological polar surface area (TPSA) is 38.3 Å². The number of aryl methyl sites for hydroxylation is 1. The lowest BCUT2D eigenvalue weighted by atomic mass is 9.94. The van der Waals surface area contributed by atoms with Crippen molar-refractivity contribution in [3.05, 3.63) is 65.0 Å². The second-order valence-electron chi connectivity index (χ2n) is 6.66. The van der Waals surface area contributed by atoms with E-state index in [2.05, 4.69) is 25.2 Å². The minimum absolute atomic E-state index is 0.264. The van der Waals surface area contributed by atoms with Crippen LogP contribution in [0.1, 0.15) is 48.2 Å². The minimum Gasteiger partial charge on any atom is -0.483 e. The Labute approximate surface area is 147 Å². The van der Waals surface area contributed by atoms with Crippen LogP contribution in [0, 0.1) is 12.7 Å². The molecule has 3 rings (SSSR count). The molecule has 1 aliphatic heterocycles. The van der Waals surface area contributed by atoms with E-state index in [4.69, 9.17) is 4.74 Å². The molecule has 1 amide bonds. The van der Waals surface area contributed by atoms with Gasteiger partial charge in [-0.2, -0.15) is 0 Å². The predicted octanol–water partition coefficient (Wildman–Crippen LogP) is 5.35. The fourth-order valence-electron chi connectivity index (χ4n) is 3.03. The summed E-state index contributed by atoms with van der Waals surface area (Å²) in [5.74, 6) is 0.203. The average molecular weight is 339 g/mol. The fourth-order valence-corrected chi connectivity index (χ4v) is 3.03. The van der Waals surface area contributed by atoms with Crippen molar-refractivity contribution in [3.8, 4) is 5.75 Å². The number of anilines is 1. The van der Waals surface area contributed by atoms with Crippen LogP contribution in [-0.4, -0.2) is 11.5 Å². The number of fused-ring (bicyclic) bond motifs is 1. The number of hydrogen-bond acceptors (Lipinski definition) is 2. The SMILES string of the molecule is CCCC1(C)C=Cc2cc(NC(=O)c3ccc(F)cc3)c(C)cc2O1. The summed E-state index contributed by atoms with van der Waals surface area (Å²) in [6, 6.07) is 9.36. The van der Waals surface area contributed by atoms with Crippen molar-refractivity contribution in [1.82, 2.24) is 0 Å². The number of rotatable bonds is 4. The normalized spacial score (nSPS) is 18.4. The van der Waals surface area contributed by atoms with E-state index >= 15 is 0 Å². The molecule has 0 radical (unpaired) electrons. The Morgan fingerprint density at radius 1 is 1.24 bits per heavy atom. The van der Waals surface area contributed by atoms with Crippen LogP contribution in [0.5, 0.6) is 5.75 Å². The molecule has 0 saturated carbocycles. The van der Waals surface area contributed by atoms with E-state index in [1.807, 2.05) is 25.1 Å². The van der Waals surface area contributed by atoms with Crippen LogP contribution in [0.15, 0.2) is 42.5 Å². The van der Waals surface area contributed by atoms with Gasteiger partial charge in [0, 0.05) is 16.8 Å². The highest BCUT2D eigenvalue weighted by Crippen LogP contribution is 2.36. The molecule has 0 saturated heterocycles. The van der Waals surface area contributed by atoms with Gasteiger partial charge in [-0.1, -0.05) is 19.4 Å². The van der Waals surface area contributed by atoms with Crippen LogP contribution >= 0.6 is 0 Å². The number of benzene rings is 2. The molecule has 1 aliphatic rings. The zero-order valence-corrected chi connectivity index (χ0v) is 14.7. The molecule has 1 unspecified atom stereocenters. The first-order chi connectivity index (χ1) is 11.9. The van der Waals surface area contributed by atoms with Crippen LogP contribution in [-0.2, 0) is 0 Å². The summed E-state index contributed by atoms with van der Waals surface area (Å²) >= 11 is 0. The summed E-state index contributed by atoms with van der Waals surface area (Å²) < 4.78 is 19.2. The lowest BCUT2D eigenvalue weighted by Gasteiger charge is -2.32. The maximum Gasteiger partial charge on any atom is 0.255 e. The number of hydrogen-bond donors (Lipinski definition) is 1. The van der Waals surface area contributed by atoms with Gasteiger partial charge in [0.2, 0.25) is 0 Å². The lowest BCUT2D eigenvalue weighted by molar-refractivity contribution is 0.102. The lowest BCUT2D eigenvalue weighted by Crippen LogP contribution is -2.31. The third-order valence-corrected chi connectivity index (χ3v) is 4.42. The molecular formula is C21H22FNO2. The van der Waals surface area contributed by atoms with Gasteiger partial charge >= 0.3 is 0 Å². The Kier molecular flexibility index (Phi) is 4.62. The standard InChI is InChI=1S/C21H22FNO2/c1-4-10-21(3)11-9-16-13-18(14(2)12-19(16)25-21)23-20(24)15-5-7-17(22)8-6-15/h5-9,11-13H,4,10H2,1-3H3,(H,23,24). The molecule has 0 aliphatic carbocycles. The quantitative estimate of drug-likeness (QED) is 0.815. The highest BCUT2D eigenvalue weighted by atomic mass is 19.1. The first kappa shape index (κ1) is 17.2. The van der Waals surface area contributed by atoms with Crippen molar-refractivity contribution in [3.63, 3.8) is 0 Å². The van der Waals surface area contributed by atoms with Gasteiger partial charge in [0.05, 0.1) is 0 Å². The van der Waals surface area contributed by atoms with Gasteiger partial charge in [-0.05, 0) is 68.3 Å². The Bertz CT molecular complexity index is 827. The summed E-state index contributed by atoms with van der Waals surface area (Å²) in [7, 11) is 0. The molecule has 4 heteroatoms. The summed E-state index contributed by atoms with van der Waals surface area (Å²) in [5.41, 5.74) is 2.71. The van der Waals surface area contributed by atoms with E-state index in [0.717, 1.165) is 35.4 Å². The van der Waals surface area contributed by atoms with E-state index in [0.29, 0.717) is 5.56 Å². The Balaban J connectivity index is 1.83. The summed E-state index contributed by atoms with van der Waals surface area (Å²) in [6.07, 6.45) is 6.10. The predicted molar refractivity (Wildman–Crippen MR) is 98.5 cm³/mol. The van der Waals surface area contributed by atoms with Crippen LogP contribution in [0.4, 0.5) is 10.1 Å². The number of halogens is 1. The number of carbonyl (C=O) groups is 1. The Morgan fingerprint density at radius 2 is 1.96 bits per heavy atom. The van der Waals surface area contributed by atoms with E-state index in [9.17, 15) is 9.18 Å². The van der Waals surface area contributed by atoms with Crippen LogP contribution in [0.2, 0.25) is 0 Å². The zero-order valence-electron chi connectivity index (χ0n) is 14.7. The summed E-state index contributed by atoms with van der Waals surface area (Å²) in [6.45, 7) is 6.15. The first-order valence-electron chi connectivity index (χ1n) is 8.50. The fraction of sp³-hybridized carbons (Fsp3) is 0.286. The molecule has 2 aromatic carbocycles. The van der Waals surface area contributed by atoms with Gasteiger partial charge in [-0.25, -0.2) is 4.39 Å². The van der Waals surface area contributed by atoms with Gasteiger partial charge in [-0.3, -0.25) is 4.79 Å². The molecule has 0 spiro atoms. The van der Waals surface area contributed by atoms with Gasteiger partial charge in [0.25, 0.3) is 5.91 Å². The van der Waals surface area contributed by atoms with Crippen molar-refractivity contribution in [1.29, 1.82) is 0 Å². The van der Waals surface area contributed by atoms with E-state index in [1.54, 1.807) is 0 Å². The van der Waals surface area contributed by atoms with Crippen LogP contribution in [0.25, 0.3) is 6.08 Å². The van der Waals surface area contributed by atoms with Gasteiger partial charge in [0.1, 0.15) is 17.2 Å². The van der Waals surface area contributed by atoms with E-state index < -0.39 is 0 Å². The van der Waals surface area contributed by atoms with Gasteiger partial charge in [-0.15, -0.1) is 0 Å². The average Bonchev–Trinajstić information content (AvgIpc) is 2.56. The summed E-state index contributed by atoms with van der Waals surface area (Å²) in [4.78, 5) is 12.4. The molecule has 0 aromatic heterocycles. The second kappa shape index (κ2) is 6.71. The minimum atomic E-state index is -0.362. The smallest absolute Gasteiger partial charge is 0.255 e. The number of amides is 1. The molecule has 130 valence electrons. The van der Waals surface area contributed by atoms with E-state index in [-0.39, 0.29) is 17.3 Å². The van der Waals surface area contributed by atoms with Crippen molar-refractivity contribution in [2.24, 2.45) is 0 Å². The number of carbonyl (C=O) groups excluding carboxylic acids is 1. The molecule has 0 bridgehead atoms. The first-order valence-corrected chi connectivity index (χ1v) is 8.50. The van der Waals surface area contributed by atoms with Crippen molar-refractivity contribution in [2.75, 3.05) is 5.32 Å². The molecule has 1 N–H and O–H groups in total. The highest BCUT2D eigenvalue weighted by molar-refractivity contribution is 6.04. The van der Waals surface area contributed by atoms with Gasteiger partial charge in [0.15, 0.2) is 0 Å². The third-order valence-electron chi connectivity index (χ3n) is 4.42. The molecule has 1 heterocycles. The Hall–Kier alpha value is -2.62. The molecule has 25 heavy (non-hydrogen) atoms. The maximum absolute atomic E-state index is 13.0. The Morgan fingerprint density at radius 3 is 2.64 bits per heavy atom.